The maximum absolute atomic E-state index is 12.5. The number of hydrogen-bond acceptors (Lipinski definition) is 4. The minimum absolute atomic E-state index is 0.618. The van der Waals surface area contributed by atoms with Gasteiger partial charge in [0.1, 0.15) is 11.5 Å². The van der Waals surface area contributed by atoms with Crippen LogP contribution in [0.1, 0.15) is 27.8 Å². The summed E-state index contributed by atoms with van der Waals surface area (Å²) in [6.45, 7) is 3.26. The van der Waals surface area contributed by atoms with Gasteiger partial charge in [-0.25, -0.2) is 0 Å². The Morgan fingerprint density at radius 3 is 1.56 bits per heavy atom. The van der Waals surface area contributed by atoms with Crippen LogP contribution in [0.25, 0.3) is 0 Å². The van der Waals surface area contributed by atoms with Gasteiger partial charge in [0.25, 0.3) is 0 Å². The average molecular weight is 605 g/mol. The third-order valence-corrected chi connectivity index (χ3v) is 6.55. The predicted octanol–water partition coefficient (Wildman–Crippen LogP) is 9.05. The smallest absolute Gasteiger partial charge is 0.416 e. The Morgan fingerprint density at radius 1 is 0.581 bits per heavy atom. The van der Waals surface area contributed by atoms with E-state index in [0.29, 0.717) is 25.9 Å². The number of halogens is 6. The molecule has 0 saturated heterocycles. The normalized spacial score (nSPS) is 11.3. The van der Waals surface area contributed by atoms with Crippen molar-refractivity contribution in [2.45, 2.75) is 32.1 Å². The van der Waals surface area contributed by atoms with Crippen molar-refractivity contribution < 1.29 is 35.8 Å². The van der Waals surface area contributed by atoms with Crippen LogP contribution >= 0.6 is 0 Å². The first-order chi connectivity index (χ1) is 20.4. The van der Waals surface area contributed by atoms with E-state index in [2.05, 4.69) is 10.6 Å². The summed E-state index contributed by atoms with van der Waals surface area (Å²) in [5.74, 6) is 1.53. The van der Waals surface area contributed by atoms with Crippen LogP contribution in [-0.2, 0) is 25.2 Å². The molecule has 0 aliphatic rings. The molecule has 0 heterocycles. The van der Waals surface area contributed by atoms with Crippen molar-refractivity contribution in [2.75, 3.05) is 37.9 Å². The third-order valence-electron chi connectivity index (χ3n) is 6.55. The van der Waals surface area contributed by atoms with Gasteiger partial charge in [-0.15, -0.1) is 0 Å². The van der Waals surface area contributed by atoms with Crippen molar-refractivity contribution in [3.05, 3.63) is 119 Å². The van der Waals surface area contributed by atoms with Crippen molar-refractivity contribution in [3.63, 3.8) is 0 Å². The second-order valence-corrected chi connectivity index (χ2v) is 9.66. The van der Waals surface area contributed by atoms with Gasteiger partial charge < -0.3 is 20.1 Å². The lowest BCUT2D eigenvalue weighted by Gasteiger charge is -2.12. The number of alkyl halides is 6. The molecule has 0 spiro atoms. The number of anilines is 2. The van der Waals surface area contributed by atoms with Gasteiger partial charge in [-0.1, -0.05) is 36.4 Å². The van der Waals surface area contributed by atoms with Gasteiger partial charge in [-0.2, -0.15) is 26.3 Å². The molecule has 2 N–H and O–H groups in total. The highest BCUT2D eigenvalue weighted by Gasteiger charge is 2.30. The summed E-state index contributed by atoms with van der Waals surface area (Å²) in [6.07, 6.45) is -7.27. The zero-order valence-electron chi connectivity index (χ0n) is 24.1. The van der Waals surface area contributed by atoms with Crippen LogP contribution in [0.4, 0.5) is 37.7 Å². The van der Waals surface area contributed by atoms with E-state index in [0.717, 1.165) is 63.8 Å². The summed E-state index contributed by atoms with van der Waals surface area (Å²) in [5.41, 5.74) is 3.46. The van der Waals surface area contributed by atoms with Crippen molar-refractivity contribution in [3.8, 4) is 11.5 Å². The van der Waals surface area contributed by atoms with E-state index >= 15 is 0 Å². The first-order valence-corrected chi connectivity index (χ1v) is 13.5. The van der Waals surface area contributed by atoms with E-state index in [9.17, 15) is 26.3 Å². The molecule has 0 aromatic heterocycles. The Balaban J connectivity index is 0.000000236. The number of hydrogen-bond donors (Lipinski definition) is 2. The molecule has 0 saturated carbocycles. The molecule has 0 fully saturated rings. The van der Waals surface area contributed by atoms with Crippen LogP contribution in [-0.4, -0.2) is 27.3 Å². The molecule has 4 rings (SSSR count). The molecule has 0 aliphatic carbocycles. The fourth-order valence-corrected chi connectivity index (χ4v) is 4.07. The molecule has 4 nitrogen and oxygen atoms in total. The highest BCUT2D eigenvalue weighted by molar-refractivity contribution is 5.54. The van der Waals surface area contributed by atoms with Crippen LogP contribution in [0.15, 0.2) is 91.0 Å². The van der Waals surface area contributed by atoms with Crippen LogP contribution in [0.2, 0.25) is 0 Å². The number of methoxy groups -OCH3 is 2. The lowest BCUT2D eigenvalue weighted by atomic mass is 10.1. The number of ether oxygens (including phenoxy) is 2. The number of nitrogens with one attached hydrogen (secondary N) is 2. The lowest BCUT2D eigenvalue weighted by Crippen LogP contribution is -2.07. The molecular weight excluding hydrogens is 570 g/mol. The van der Waals surface area contributed by atoms with E-state index in [1.165, 1.54) is 24.3 Å². The Hall–Kier alpha value is -4.34. The standard InChI is InChI=1S/C17H18F3NO.C16H16F3NO/c1-12-3-8-15(22-2)11-16(12)21-10-9-13-4-6-14(7-5-13)17(18,19)20;1-21-15-4-2-3-14(11-15)20-10-9-12-5-7-13(8-6-12)16(17,18)19/h3-8,11,21H,9-10H2,1-2H3;2-8,11,20H,9-10H2,1H3. The van der Waals surface area contributed by atoms with Crippen LogP contribution in [0.3, 0.4) is 0 Å². The van der Waals surface area contributed by atoms with E-state index in [1.807, 2.05) is 49.4 Å². The molecule has 0 atom stereocenters. The van der Waals surface area contributed by atoms with Gasteiger partial charge in [-0.05, 0) is 78.9 Å². The zero-order chi connectivity index (χ0) is 31.5. The summed E-state index contributed by atoms with van der Waals surface area (Å²) in [4.78, 5) is 0. The third kappa shape index (κ3) is 10.8. The minimum atomic E-state index is -4.28. The zero-order valence-corrected chi connectivity index (χ0v) is 24.1. The van der Waals surface area contributed by atoms with Gasteiger partial charge in [-0.3, -0.25) is 0 Å². The average Bonchev–Trinajstić information content (AvgIpc) is 2.98. The molecule has 0 amide bonds. The first kappa shape index (κ1) is 33.2. The van der Waals surface area contributed by atoms with Crippen LogP contribution < -0.4 is 20.1 Å². The Labute approximate surface area is 247 Å². The van der Waals surface area contributed by atoms with Gasteiger partial charge in [0, 0.05) is 36.6 Å². The van der Waals surface area contributed by atoms with Crippen molar-refractivity contribution in [2.24, 2.45) is 0 Å². The molecular formula is C33H34F6N2O2. The number of aryl methyl sites for hydroxylation is 1. The van der Waals surface area contributed by atoms with Gasteiger partial charge in [0.15, 0.2) is 0 Å². The molecule has 0 aliphatic heterocycles. The highest BCUT2D eigenvalue weighted by Crippen LogP contribution is 2.30. The first-order valence-electron chi connectivity index (χ1n) is 13.5. The van der Waals surface area contributed by atoms with Crippen LogP contribution in [0, 0.1) is 6.92 Å². The summed E-state index contributed by atoms with van der Waals surface area (Å²) >= 11 is 0. The Kier molecular flexibility index (Phi) is 11.7. The maximum atomic E-state index is 12.5. The van der Waals surface area contributed by atoms with Crippen LogP contribution in [0.5, 0.6) is 11.5 Å². The summed E-state index contributed by atoms with van der Waals surface area (Å²) in [6, 6.07) is 23.8. The number of rotatable bonds is 10. The van der Waals surface area contributed by atoms with Crippen molar-refractivity contribution in [1.29, 1.82) is 0 Å². The molecule has 0 bridgehead atoms. The second-order valence-electron chi connectivity index (χ2n) is 9.66. The van der Waals surface area contributed by atoms with Gasteiger partial charge in [0.05, 0.1) is 25.3 Å². The molecule has 0 unspecified atom stereocenters. The van der Waals surface area contributed by atoms with Crippen molar-refractivity contribution >= 4 is 11.4 Å². The molecule has 43 heavy (non-hydrogen) atoms. The molecule has 10 heteroatoms. The van der Waals surface area contributed by atoms with E-state index in [-0.39, 0.29) is 0 Å². The Morgan fingerprint density at radius 2 is 1.07 bits per heavy atom. The fourth-order valence-electron chi connectivity index (χ4n) is 4.07. The topological polar surface area (TPSA) is 42.5 Å². The molecule has 0 radical (unpaired) electrons. The summed E-state index contributed by atoms with van der Waals surface area (Å²) < 4.78 is 85.1. The minimum Gasteiger partial charge on any atom is -0.497 e. The maximum Gasteiger partial charge on any atom is 0.416 e. The highest BCUT2D eigenvalue weighted by atomic mass is 19.4. The van der Waals surface area contributed by atoms with E-state index in [1.54, 1.807) is 14.2 Å². The fraction of sp³-hybridized carbons (Fsp3) is 0.273. The predicted molar refractivity (Wildman–Crippen MR) is 158 cm³/mol. The van der Waals surface area contributed by atoms with Gasteiger partial charge >= 0.3 is 12.4 Å². The SMILES string of the molecule is COc1ccc(C)c(NCCc2ccc(C(F)(F)F)cc2)c1.COc1cccc(NCCc2ccc(C(F)(F)F)cc2)c1. The van der Waals surface area contributed by atoms with E-state index in [4.69, 9.17) is 9.47 Å². The molecule has 4 aromatic rings. The lowest BCUT2D eigenvalue weighted by molar-refractivity contribution is -0.138. The largest absolute Gasteiger partial charge is 0.497 e. The van der Waals surface area contributed by atoms with Crippen molar-refractivity contribution in [1.82, 2.24) is 0 Å². The Bertz CT molecular complexity index is 1420. The summed E-state index contributed by atoms with van der Waals surface area (Å²) in [5, 5.41) is 6.49. The molecule has 4 aromatic carbocycles. The molecule has 230 valence electrons. The monoisotopic (exact) mass is 604 g/mol. The quantitative estimate of drug-likeness (QED) is 0.177. The summed E-state index contributed by atoms with van der Waals surface area (Å²) in [7, 11) is 3.21. The van der Waals surface area contributed by atoms with Gasteiger partial charge in [0.2, 0.25) is 0 Å². The number of benzene rings is 4. The van der Waals surface area contributed by atoms with E-state index < -0.39 is 23.5 Å². The second kappa shape index (κ2) is 15.2.